The van der Waals surface area contributed by atoms with Crippen LogP contribution in [0.1, 0.15) is 25.5 Å². The summed E-state index contributed by atoms with van der Waals surface area (Å²) < 4.78 is 0. The van der Waals surface area contributed by atoms with Crippen LogP contribution in [0.15, 0.2) is 18.3 Å². The van der Waals surface area contributed by atoms with Gasteiger partial charge in [-0.05, 0) is 12.0 Å². The van der Waals surface area contributed by atoms with Gasteiger partial charge in [0.05, 0.1) is 6.10 Å². The zero-order valence-corrected chi connectivity index (χ0v) is 9.07. The van der Waals surface area contributed by atoms with Crippen molar-refractivity contribution in [1.29, 1.82) is 0 Å². The van der Waals surface area contributed by atoms with Gasteiger partial charge >= 0.3 is 0 Å². The lowest BCUT2D eigenvalue weighted by Gasteiger charge is -2.22. The van der Waals surface area contributed by atoms with E-state index in [1.54, 1.807) is 18.3 Å². The fraction of sp³-hybridized carbons (Fsp3) is 0.500. The third kappa shape index (κ3) is 2.67. The summed E-state index contributed by atoms with van der Waals surface area (Å²) in [4.78, 5) is 3.89. The standard InChI is InChI=1S/C10H15ClN2O/c1-6(2)9(12)10(14)7-3-4-8(11)13-5-7/h3-6,9-10,14H,12H2,1-2H3. The molecule has 3 N–H and O–H groups in total. The van der Waals surface area contributed by atoms with Crippen LogP contribution in [-0.4, -0.2) is 16.1 Å². The lowest BCUT2D eigenvalue weighted by Crippen LogP contribution is -2.33. The topological polar surface area (TPSA) is 59.1 Å². The van der Waals surface area contributed by atoms with Gasteiger partial charge in [-0.15, -0.1) is 0 Å². The minimum absolute atomic E-state index is 0.223. The van der Waals surface area contributed by atoms with Gasteiger partial charge in [0, 0.05) is 17.8 Å². The van der Waals surface area contributed by atoms with Gasteiger partial charge in [0.2, 0.25) is 0 Å². The summed E-state index contributed by atoms with van der Waals surface area (Å²) in [7, 11) is 0. The van der Waals surface area contributed by atoms with Crippen molar-refractivity contribution in [3.63, 3.8) is 0 Å². The fourth-order valence-electron chi connectivity index (χ4n) is 1.15. The molecule has 0 amide bonds. The van der Waals surface area contributed by atoms with Crippen LogP contribution in [0.25, 0.3) is 0 Å². The molecule has 0 aliphatic heterocycles. The van der Waals surface area contributed by atoms with Crippen LogP contribution in [0.3, 0.4) is 0 Å². The second-order valence-electron chi connectivity index (χ2n) is 3.68. The molecule has 0 fully saturated rings. The van der Waals surface area contributed by atoms with Gasteiger partial charge < -0.3 is 10.8 Å². The third-order valence-corrected chi connectivity index (χ3v) is 2.45. The van der Waals surface area contributed by atoms with Crippen molar-refractivity contribution >= 4 is 11.6 Å². The summed E-state index contributed by atoms with van der Waals surface area (Å²) in [5, 5.41) is 10.3. The number of aromatic nitrogens is 1. The van der Waals surface area contributed by atoms with Crippen LogP contribution < -0.4 is 5.73 Å². The first-order chi connectivity index (χ1) is 6.52. The quantitative estimate of drug-likeness (QED) is 0.754. The SMILES string of the molecule is CC(C)C(N)C(O)c1ccc(Cl)nc1. The Labute approximate surface area is 88.9 Å². The Morgan fingerprint density at radius 1 is 1.43 bits per heavy atom. The number of halogens is 1. The average molecular weight is 215 g/mol. The largest absolute Gasteiger partial charge is 0.387 e. The highest BCUT2D eigenvalue weighted by Crippen LogP contribution is 2.20. The van der Waals surface area contributed by atoms with Gasteiger partial charge in [-0.3, -0.25) is 0 Å². The van der Waals surface area contributed by atoms with Gasteiger partial charge in [-0.1, -0.05) is 31.5 Å². The normalized spacial score (nSPS) is 15.6. The lowest BCUT2D eigenvalue weighted by atomic mass is 9.95. The van der Waals surface area contributed by atoms with Gasteiger partial charge in [0.15, 0.2) is 0 Å². The van der Waals surface area contributed by atoms with E-state index in [4.69, 9.17) is 17.3 Å². The van der Waals surface area contributed by atoms with Crippen molar-refractivity contribution in [3.05, 3.63) is 29.0 Å². The van der Waals surface area contributed by atoms with E-state index < -0.39 is 6.10 Å². The Morgan fingerprint density at radius 2 is 2.07 bits per heavy atom. The number of nitrogens with zero attached hydrogens (tertiary/aromatic N) is 1. The summed E-state index contributed by atoms with van der Waals surface area (Å²) in [6.07, 6.45) is 0.870. The molecule has 0 aliphatic rings. The Kier molecular flexibility index (Phi) is 3.86. The van der Waals surface area contributed by atoms with E-state index in [9.17, 15) is 5.11 Å². The van der Waals surface area contributed by atoms with Gasteiger partial charge in [-0.2, -0.15) is 0 Å². The maximum absolute atomic E-state index is 9.84. The molecule has 78 valence electrons. The number of pyridine rings is 1. The summed E-state index contributed by atoms with van der Waals surface area (Å²) in [5.74, 6) is 0.223. The first kappa shape index (κ1) is 11.4. The average Bonchev–Trinajstić information content (AvgIpc) is 2.16. The maximum Gasteiger partial charge on any atom is 0.129 e. The van der Waals surface area contributed by atoms with E-state index in [0.717, 1.165) is 0 Å². The molecule has 0 saturated heterocycles. The van der Waals surface area contributed by atoms with Crippen molar-refractivity contribution in [3.8, 4) is 0 Å². The molecule has 1 aromatic heterocycles. The molecule has 1 rings (SSSR count). The smallest absolute Gasteiger partial charge is 0.129 e. The number of hydrogen-bond acceptors (Lipinski definition) is 3. The minimum atomic E-state index is -0.681. The summed E-state index contributed by atoms with van der Waals surface area (Å²) in [5.41, 5.74) is 6.52. The molecule has 0 aromatic carbocycles. The van der Waals surface area contributed by atoms with Gasteiger partial charge in [0.25, 0.3) is 0 Å². The second-order valence-corrected chi connectivity index (χ2v) is 4.07. The molecule has 2 unspecified atom stereocenters. The molecular formula is C10H15ClN2O. The van der Waals surface area contributed by atoms with E-state index in [2.05, 4.69) is 4.98 Å². The monoisotopic (exact) mass is 214 g/mol. The molecule has 0 saturated carbocycles. The predicted octanol–water partition coefficient (Wildman–Crippen LogP) is 1.75. The van der Waals surface area contributed by atoms with Crippen LogP contribution in [0.4, 0.5) is 0 Å². The van der Waals surface area contributed by atoms with Crippen molar-refractivity contribution in [2.75, 3.05) is 0 Å². The van der Waals surface area contributed by atoms with E-state index in [-0.39, 0.29) is 12.0 Å². The van der Waals surface area contributed by atoms with Crippen molar-refractivity contribution in [1.82, 2.24) is 4.98 Å². The minimum Gasteiger partial charge on any atom is -0.387 e. The zero-order chi connectivity index (χ0) is 10.7. The van der Waals surface area contributed by atoms with E-state index in [1.165, 1.54) is 0 Å². The van der Waals surface area contributed by atoms with Gasteiger partial charge in [0.1, 0.15) is 5.15 Å². The molecule has 0 spiro atoms. The molecule has 14 heavy (non-hydrogen) atoms. The molecule has 0 aliphatic carbocycles. The molecule has 1 heterocycles. The van der Waals surface area contributed by atoms with Crippen LogP contribution in [0, 0.1) is 5.92 Å². The number of aliphatic hydroxyl groups is 1. The van der Waals surface area contributed by atoms with Gasteiger partial charge in [-0.25, -0.2) is 4.98 Å². The second kappa shape index (κ2) is 4.73. The molecular weight excluding hydrogens is 200 g/mol. The van der Waals surface area contributed by atoms with E-state index >= 15 is 0 Å². The Hall–Kier alpha value is -0.640. The van der Waals surface area contributed by atoms with Crippen molar-refractivity contribution < 1.29 is 5.11 Å². The maximum atomic E-state index is 9.84. The lowest BCUT2D eigenvalue weighted by molar-refractivity contribution is 0.125. The molecule has 3 nitrogen and oxygen atoms in total. The van der Waals surface area contributed by atoms with Crippen LogP contribution in [-0.2, 0) is 0 Å². The number of nitrogens with two attached hydrogens (primary N) is 1. The van der Waals surface area contributed by atoms with Crippen LogP contribution >= 0.6 is 11.6 Å². The van der Waals surface area contributed by atoms with Crippen LogP contribution in [0.2, 0.25) is 5.15 Å². The summed E-state index contributed by atoms with van der Waals surface area (Å²) >= 11 is 5.63. The number of hydrogen-bond donors (Lipinski definition) is 2. The molecule has 0 radical (unpaired) electrons. The predicted molar refractivity (Wildman–Crippen MR) is 57.0 cm³/mol. The molecule has 0 bridgehead atoms. The van der Waals surface area contributed by atoms with Crippen molar-refractivity contribution in [2.24, 2.45) is 11.7 Å². The van der Waals surface area contributed by atoms with Crippen LogP contribution in [0.5, 0.6) is 0 Å². The Balaban J connectivity index is 2.78. The third-order valence-electron chi connectivity index (χ3n) is 2.23. The molecule has 2 atom stereocenters. The van der Waals surface area contributed by atoms with E-state index in [1.807, 2.05) is 13.8 Å². The number of rotatable bonds is 3. The Morgan fingerprint density at radius 3 is 2.50 bits per heavy atom. The van der Waals surface area contributed by atoms with Crippen molar-refractivity contribution in [2.45, 2.75) is 26.0 Å². The highest BCUT2D eigenvalue weighted by Gasteiger charge is 2.19. The van der Waals surface area contributed by atoms with E-state index in [0.29, 0.717) is 10.7 Å². The summed E-state index contributed by atoms with van der Waals surface area (Å²) in [6.45, 7) is 3.94. The number of aliphatic hydroxyl groups excluding tert-OH is 1. The molecule has 1 aromatic rings. The highest BCUT2D eigenvalue weighted by atomic mass is 35.5. The first-order valence-corrected chi connectivity index (χ1v) is 4.95. The fourth-order valence-corrected chi connectivity index (χ4v) is 1.26. The molecule has 4 heteroatoms. The summed E-state index contributed by atoms with van der Waals surface area (Å²) in [6, 6.07) is 3.10. The highest BCUT2D eigenvalue weighted by molar-refractivity contribution is 6.29. The zero-order valence-electron chi connectivity index (χ0n) is 8.31. The first-order valence-electron chi connectivity index (χ1n) is 4.57. The Bertz CT molecular complexity index is 287.